The minimum atomic E-state index is -3.52. The second-order valence-electron chi connectivity index (χ2n) is 7.58. The van der Waals surface area contributed by atoms with Crippen LogP contribution in [0, 0.1) is 20.8 Å². The zero-order valence-electron chi connectivity index (χ0n) is 18.1. The van der Waals surface area contributed by atoms with Crippen molar-refractivity contribution in [3.63, 3.8) is 0 Å². The Morgan fingerprint density at radius 3 is 2.48 bits per heavy atom. The van der Waals surface area contributed by atoms with Gasteiger partial charge in [0.25, 0.3) is 5.91 Å². The van der Waals surface area contributed by atoms with E-state index in [1.54, 1.807) is 18.0 Å². The van der Waals surface area contributed by atoms with Gasteiger partial charge in [0.1, 0.15) is 0 Å². The number of benzene rings is 2. The van der Waals surface area contributed by atoms with Crippen LogP contribution in [-0.4, -0.2) is 42.3 Å². The molecule has 1 heterocycles. The van der Waals surface area contributed by atoms with E-state index in [9.17, 15) is 13.2 Å². The summed E-state index contributed by atoms with van der Waals surface area (Å²) in [4.78, 5) is 14.6. The van der Waals surface area contributed by atoms with Gasteiger partial charge < -0.3 is 4.90 Å². The number of carbonyl (C=O) groups excluding carboxylic acids is 1. The van der Waals surface area contributed by atoms with Crippen molar-refractivity contribution in [1.82, 2.24) is 14.7 Å². The molecule has 0 aliphatic heterocycles. The first-order chi connectivity index (χ1) is 14.5. The van der Waals surface area contributed by atoms with Gasteiger partial charge in [0.05, 0.1) is 28.3 Å². The minimum absolute atomic E-state index is 0.170. The molecule has 9 heteroatoms. The molecule has 0 aliphatic rings. The average molecular weight is 461 g/mol. The third-order valence-electron chi connectivity index (χ3n) is 5.04. The number of nitrogens with one attached hydrogen (secondary N) is 1. The van der Waals surface area contributed by atoms with Crippen LogP contribution < -0.4 is 4.72 Å². The fourth-order valence-corrected chi connectivity index (χ4v) is 4.19. The highest BCUT2D eigenvalue weighted by Crippen LogP contribution is 2.26. The molecule has 1 N–H and O–H groups in total. The van der Waals surface area contributed by atoms with Crippen molar-refractivity contribution in [1.29, 1.82) is 0 Å². The van der Waals surface area contributed by atoms with Crippen LogP contribution >= 0.6 is 11.6 Å². The lowest BCUT2D eigenvalue weighted by Gasteiger charge is -2.18. The maximum absolute atomic E-state index is 13.0. The van der Waals surface area contributed by atoms with E-state index in [2.05, 4.69) is 9.82 Å². The standard InChI is InChI=1S/C22H25ClN4O3S/c1-14-8-6-7-9-21(14)27-16(3)18(15(2)24-27)13-26(4)22(28)17-10-11-19(23)20(12-17)25-31(5,29)30/h6-12,25H,13H2,1-5H3. The topological polar surface area (TPSA) is 84.3 Å². The Morgan fingerprint density at radius 2 is 1.84 bits per heavy atom. The fourth-order valence-electron chi connectivity index (χ4n) is 3.41. The van der Waals surface area contributed by atoms with Crippen molar-refractivity contribution in [2.75, 3.05) is 18.0 Å². The second kappa shape index (κ2) is 8.72. The van der Waals surface area contributed by atoms with Crippen LogP contribution in [0.15, 0.2) is 42.5 Å². The molecule has 0 saturated heterocycles. The molecule has 0 atom stereocenters. The molecule has 0 unspecified atom stereocenters. The van der Waals surface area contributed by atoms with Gasteiger partial charge in [-0.2, -0.15) is 5.10 Å². The van der Waals surface area contributed by atoms with Crippen LogP contribution in [0.4, 0.5) is 5.69 Å². The van der Waals surface area contributed by atoms with Gasteiger partial charge in [0.15, 0.2) is 0 Å². The summed E-state index contributed by atoms with van der Waals surface area (Å²) in [6.45, 7) is 6.30. The Kier molecular flexibility index (Phi) is 6.43. The normalized spacial score (nSPS) is 11.4. The zero-order valence-corrected chi connectivity index (χ0v) is 19.7. The van der Waals surface area contributed by atoms with Crippen LogP contribution in [0.5, 0.6) is 0 Å². The molecule has 3 aromatic rings. The third-order valence-corrected chi connectivity index (χ3v) is 5.96. The van der Waals surface area contributed by atoms with Crippen molar-refractivity contribution in [3.05, 3.63) is 75.6 Å². The molecular weight excluding hydrogens is 436 g/mol. The van der Waals surface area contributed by atoms with Gasteiger partial charge in [-0.15, -0.1) is 0 Å². The quantitative estimate of drug-likeness (QED) is 0.600. The van der Waals surface area contributed by atoms with Crippen LogP contribution in [0.3, 0.4) is 0 Å². The summed E-state index contributed by atoms with van der Waals surface area (Å²) in [6, 6.07) is 12.5. The predicted molar refractivity (Wildman–Crippen MR) is 123 cm³/mol. The number of sulfonamides is 1. The lowest BCUT2D eigenvalue weighted by atomic mass is 10.1. The third kappa shape index (κ3) is 5.08. The highest BCUT2D eigenvalue weighted by molar-refractivity contribution is 7.92. The lowest BCUT2D eigenvalue weighted by Crippen LogP contribution is -2.27. The van der Waals surface area contributed by atoms with Gasteiger partial charge in [-0.25, -0.2) is 13.1 Å². The summed E-state index contributed by atoms with van der Waals surface area (Å²) >= 11 is 6.07. The summed E-state index contributed by atoms with van der Waals surface area (Å²) in [5.74, 6) is -0.254. The van der Waals surface area contributed by atoms with E-state index in [-0.39, 0.29) is 16.6 Å². The first-order valence-corrected chi connectivity index (χ1v) is 11.9. The maximum Gasteiger partial charge on any atom is 0.253 e. The molecule has 0 bridgehead atoms. The molecule has 0 fully saturated rings. The zero-order chi connectivity index (χ0) is 22.9. The van der Waals surface area contributed by atoms with E-state index in [4.69, 9.17) is 11.6 Å². The Morgan fingerprint density at radius 1 is 1.16 bits per heavy atom. The van der Waals surface area contributed by atoms with Gasteiger partial charge >= 0.3 is 0 Å². The van der Waals surface area contributed by atoms with Crippen LogP contribution in [0.25, 0.3) is 5.69 Å². The summed E-state index contributed by atoms with van der Waals surface area (Å²) in [5, 5.41) is 4.90. The van der Waals surface area contributed by atoms with E-state index >= 15 is 0 Å². The van der Waals surface area contributed by atoms with Crippen LogP contribution in [-0.2, 0) is 16.6 Å². The summed E-state index contributed by atoms with van der Waals surface area (Å²) in [7, 11) is -1.82. The molecule has 0 aliphatic carbocycles. The molecule has 3 rings (SSSR count). The number of rotatable bonds is 6. The van der Waals surface area contributed by atoms with Crippen molar-refractivity contribution < 1.29 is 13.2 Å². The second-order valence-corrected chi connectivity index (χ2v) is 9.73. The Balaban J connectivity index is 1.87. The molecule has 7 nitrogen and oxygen atoms in total. The number of hydrogen-bond donors (Lipinski definition) is 1. The number of aromatic nitrogens is 2. The van der Waals surface area contributed by atoms with Gasteiger partial charge in [-0.3, -0.25) is 9.52 Å². The molecule has 0 saturated carbocycles. The monoisotopic (exact) mass is 460 g/mol. The van der Waals surface area contributed by atoms with Crippen LogP contribution in [0.2, 0.25) is 5.02 Å². The Hall–Kier alpha value is -2.84. The maximum atomic E-state index is 13.0. The van der Waals surface area contributed by atoms with Gasteiger partial charge in [-0.05, 0) is 50.6 Å². The first kappa shape index (κ1) is 22.8. The van der Waals surface area contributed by atoms with Crippen LogP contribution in [0.1, 0.15) is 32.9 Å². The first-order valence-electron chi connectivity index (χ1n) is 9.62. The minimum Gasteiger partial charge on any atom is -0.337 e. The molecule has 1 aromatic heterocycles. The van der Waals surface area contributed by atoms with Crippen molar-refractivity contribution in [2.45, 2.75) is 27.3 Å². The summed E-state index contributed by atoms with van der Waals surface area (Å²) in [5.41, 5.74) is 5.37. The fraction of sp³-hybridized carbons (Fsp3) is 0.273. The van der Waals surface area contributed by atoms with Gasteiger partial charge in [0, 0.05) is 30.4 Å². The van der Waals surface area contributed by atoms with E-state index in [1.165, 1.54) is 12.1 Å². The molecule has 1 amide bonds. The van der Waals surface area contributed by atoms with Gasteiger partial charge in [-0.1, -0.05) is 29.8 Å². The molecule has 2 aromatic carbocycles. The van der Waals surface area contributed by atoms with E-state index in [0.29, 0.717) is 12.1 Å². The van der Waals surface area contributed by atoms with E-state index in [0.717, 1.165) is 34.5 Å². The number of anilines is 1. The van der Waals surface area contributed by atoms with E-state index < -0.39 is 10.0 Å². The highest BCUT2D eigenvalue weighted by Gasteiger charge is 2.20. The molecule has 0 spiro atoms. The highest BCUT2D eigenvalue weighted by atomic mass is 35.5. The number of amides is 1. The SMILES string of the molecule is Cc1ccccc1-n1nc(C)c(CN(C)C(=O)c2ccc(Cl)c(NS(C)(=O)=O)c2)c1C. The molecular formula is C22H25ClN4O3S. The number of halogens is 1. The molecule has 164 valence electrons. The number of carbonyl (C=O) groups is 1. The molecule has 0 radical (unpaired) electrons. The lowest BCUT2D eigenvalue weighted by molar-refractivity contribution is 0.0785. The largest absolute Gasteiger partial charge is 0.337 e. The summed E-state index contributed by atoms with van der Waals surface area (Å²) in [6.07, 6.45) is 1.03. The van der Waals surface area contributed by atoms with E-state index in [1.807, 2.05) is 49.7 Å². The van der Waals surface area contributed by atoms with Gasteiger partial charge in [0.2, 0.25) is 10.0 Å². The number of para-hydroxylation sites is 1. The number of hydrogen-bond acceptors (Lipinski definition) is 4. The Labute approximate surface area is 187 Å². The van der Waals surface area contributed by atoms with Crippen molar-refractivity contribution >= 4 is 33.2 Å². The Bertz CT molecular complexity index is 1250. The molecule has 31 heavy (non-hydrogen) atoms. The van der Waals surface area contributed by atoms with Crippen molar-refractivity contribution in [2.24, 2.45) is 0 Å². The predicted octanol–water partition coefficient (Wildman–Crippen LogP) is 4.09. The number of aryl methyl sites for hydroxylation is 2. The smallest absolute Gasteiger partial charge is 0.253 e. The summed E-state index contributed by atoms with van der Waals surface area (Å²) < 4.78 is 27.3. The number of nitrogens with zero attached hydrogens (tertiary/aromatic N) is 3. The van der Waals surface area contributed by atoms with Crippen molar-refractivity contribution in [3.8, 4) is 5.69 Å². The average Bonchev–Trinajstić information content (AvgIpc) is 2.96.